The van der Waals surface area contributed by atoms with Crippen molar-refractivity contribution in [3.8, 4) is 16.9 Å². The minimum Gasteiger partial charge on any atom is -0.472 e. The van der Waals surface area contributed by atoms with Gasteiger partial charge in [0.15, 0.2) is 15.6 Å². The van der Waals surface area contributed by atoms with Gasteiger partial charge >= 0.3 is 12.3 Å². The summed E-state index contributed by atoms with van der Waals surface area (Å²) in [5, 5.41) is 8.86. The lowest BCUT2D eigenvalue weighted by molar-refractivity contribution is -0.191. The molecule has 29 heavy (non-hydrogen) atoms. The molecule has 3 rings (SSSR count). The maximum atomic E-state index is 13.4. The van der Waals surface area contributed by atoms with E-state index >= 15 is 0 Å². The zero-order valence-electron chi connectivity index (χ0n) is 14.5. The first-order valence-electron chi connectivity index (χ1n) is 7.86. The smallest absolute Gasteiger partial charge is 0.472 e. The van der Waals surface area contributed by atoms with E-state index in [9.17, 15) is 26.4 Å². The third kappa shape index (κ3) is 4.48. The number of ether oxygens (including phenoxy) is 2. The summed E-state index contributed by atoms with van der Waals surface area (Å²) in [6.07, 6.45) is -7.59. The van der Waals surface area contributed by atoms with Gasteiger partial charge in [0.2, 0.25) is 0 Å². The Labute approximate surface area is 168 Å². The average molecular weight is 449 g/mol. The Balaban J connectivity index is 2.16. The van der Waals surface area contributed by atoms with Crippen LogP contribution < -0.4 is 4.74 Å². The number of sulfone groups is 1. The second kappa shape index (κ2) is 7.27. The molecule has 2 aromatic carbocycles. The molecule has 6 nitrogen and oxygen atoms in total. The Hall–Kier alpha value is -2.72. The van der Waals surface area contributed by atoms with Crippen LogP contribution in [0.1, 0.15) is 5.56 Å². The van der Waals surface area contributed by atoms with Gasteiger partial charge in [0.1, 0.15) is 5.75 Å². The van der Waals surface area contributed by atoms with Crippen molar-refractivity contribution < 1.29 is 41.0 Å². The first-order valence-corrected chi connectivity index (χ1v) is 10.1. The summed E-state index contributed by atoms with van der Waals surface area (Å²) in [7, 11) is -3.46. The molecule has 0 fully saturated rings. The van der Waals surface area contributed by atoms with Crippen LogP contribution in [-0.4, -0.2) is 38.2 Å². The van der Waals surface area contributed by atoms with Crippen LogP contribution in [0.3, 0.4) is 0 Å². The molecular weight excluding hydrogens is 437 g/mol. The van der Waals surface area contributed by atoms with E-state index in [2.05, 4.69) is 4.74 Å². The Morgan fingerprint density at radius 3 is 2.34 bits per heavy atom. The predicted molar refractivity (Wildman–Crippen MR) is 97.6 cm³/mol. The molecule has 1 unspecified atom stereocenters. The molecule has 0 aliphatic carbocycles. The fourth-order valence-corrected chi connectivity index (χ4v) is 3.62. The molecule has 1 aliphatic heterocycles. The van der Waals surface area contributed by atoms with Crippen molar-refractivity contribution in [2.24, 2.45) is 0 Å². The van der Waals surface area contributed by atoms with Crippen molar-refractivity contribution >= 4 is 33.7 Å². The highest BCUT2D eigenvalue weighted by Crippen LogP contribution is 2.44. The van der Waals surface area contributed by atoms with E-state index < -0.39 is 34.0 Å². The summed E-state index contributed by atoms with van der Waals surface area (Å²) in [6, 6.07) is 8.07. The Morgan fingerprint density at radius 1 is 1.21 bits per heavy atom. The van der Waals surface area contributed by atoms with Crippen molar-refractivity contribution in [2.75, 3.05) is 6.26 Å². The molecule has 0 spiro atoms. The van der Waals surface area contributed by atoms with E-state index in [1.165, 1.54) is 36.4 Å². The van der Waals surface area contributed by atoms with Crippen molar-refractivity contribution in [1.29, 1.82) is 0 Å². The summed E-state index contributed by atoms with van der Waals surface area (Å²) in [6.45, 7) is 0. The highest BCUT2D eigenvalue weighted by molar-refractivity contribution is 7.90. The molecule has 0 aromatic heterocycles. The van der Waals surface area contributed by atoms with Gasteiger partial charge in [-0.1, -0.05) is 23.7 Å². The highest BCUT2D eigenvalue weighted by Gasteiger charge is 2.48. The van der Waals surface area contributed by atoms with Gasteiger partial charge < -0.3 is 14.6 Å². The number of benzene rings is 2. The van der Waals surface area contributed by atoms with E-state index in [0.717, 1.165) is 12.3 Å². The first kappa shape index (κ1) is 21.0. The van der Waals surface area contributed by atoms with Crippen LogP contribution in [0.5, 0.6) is 5.75 Å². The fraction of sp³-hybridized carbons (Fsp3) is 0.167. The first-order chi connectivity index (χ1) is 13.4. The minimum absolute atomic E-state index is 0.0308. The van der Waals surface area contributed by atoms with Crippen molar-refractivity contribution in [1.82, 2.24) is 0 Å². The van der Waals surface area contributed by atoms with E-state index in [1.54, 1.807) is 0 Å². The highest BCUT2D eigenvalue weighted by atomic mass is 35.5. The maximum absolute atomic E-state index is 13.4. The van der Waals surface area contributed by atoms with E-state index in [0.29, 0.717) is 5.56 Å². The second-order valence-electron chi connectivity index (χ2n) is 6.12. The maximum Gasteiger partial charge on any atom is 0.511 e. The molecule has 0 amide bonds. The zero-order valence-corrected chi connectivity index (χ0v) is 16.1. The standard InChI is InChI=1S/C18H12ClF3O6S/c1-29(25,26)12-4-2-9(3-5-12)13-8-11(19)6-10-7-14(27-17(23)24)16(18(20,21)22)28-15(10)13/h2-8,16H,1H3,(H,23,24). The summed E-state index contributed by atoms with van der Waals surface area (Å²) in [4.78, 5) is 10.8. The number of carboxylic acid groups (broad SMARTS) is 1. The topological polar surface area (TPSA) is 89.9 Å². The number of rotatable bonds is 3. The second-order valence-corrected chi connectivity index (χ2v) is 8.57. The quantitative estimate of drug-likeness (QED) is 0.680. The number of carbonyl (C=O) groups is 1. The largest absolute Gasteiger partial charge is 0.511 e. The third-order valence-corrected chi connectivity index (χ3v) is 5.32. The molecule has 0 saturated carbocycles. The van der Waals surface area contributed by atoms with Gasteiger partial charge in [-0.3, -0.25) is 0 Å². The van der Waals surface area contributed by atoms with Crippen LogP contribution >= 0.6 is 11.6 Å². The normalized spacial score (nSPS) is 16.4. The lowest BCUT2D eigenvalue weighted by Crippen LogP contribution is -2.39. The van der Waals surface area contributed by atoms with Gasteiger partial charge in [-0.25, -0.2) is 13.2 Å². The number of hydrogen-bond acceptors (Lipinski definition) is 5. The number of hydrogen-bond donors (Lipinski definition) is 1. The molecule has 0 saturated heterocycles. The number of alkyl halides is 3. The molecular formula is C18H12ClF3O6S. The van der Waals surface area contributed by atoms with Gasteiger partial charge in [-0.2, -0.15) is 13.2 Å². The summed E-state index contributed by atoms with van der Waals surface area (Å²) >= 11 is 6.06. The SMILES string of the molecule is CS(=O)(=O)c1ccc(-c2cc(Cl)cc3c2OC(C(F)(F)F)C(OC(=O)O)=C3)cc1. The van der Waals surface area contributed by atoms with E-state index in [1.807, 2.05) is 0 Å². The molecule has 1 atom stereocenters. The number of halogens is 4. The van der Waals surface area contributed by atoms with Crippen LogP contribution in [-0.2, 0) is 14.6 Å². The lowest BCUT2D eigenvalue weighted by Gasteiger charge is -2.29. The van der Waals surface area contributed by atoms with Gasteiger partial charge in [0, 0.05) is 22.4 Å². The van der Waals surface area contributed by atoms with Crippen molar-refractivity contribution in [3.05, 3.63) is 52.7 Å². The zero-order chi connectivity index (χ0) is 21.6. The molecule has 0 bridgehead atoms. The van der Waals surface area contributed by atoms with Gasteiger partial charge in [-0.05, 0) is 35.9 Å². The summed E-state index contributed by atoms with van der Waals surface area (Å²) < 4.78 is 72.8. The minimum atomic E-state index is -4.95. The average Bonchev–Trinajstić information content (AvgIpc) is 2.58. The molecule has 154 valence electrons. The van der Waals surface area contributed by atoms with Crippen LogP contribution in [0.2, 0.25) is 5.02 Å². The van der Waals surface area contributed by atoms with Crippen LogP contribution in [0, 0.1) is 0 Å². The van der Waals surface area contributed by atoms with E-state index in [-0.39, 0.29) is 26.8 Å². The molecule has 1 heterocycles. The Bertz CT molecular complexity index is 1110. The van der Waals surface area contributed by atoms with Crippen molar-refractivity contribution in [2.45, 2.75) is 17.2 Å². The third-order valence-electron chi connectivity index (χ3n) is 3.97. The lowest BCUT2D eigenvalue weighted by atomic mass is 9.98. The Kier molecular flexibility index (Phi) is 5.26. The molecule has 0 radical (unpaired) electrons. The van der Waals surface area contributed by atoms with Gasteiger partial charge in [-0.15, -0.1) is 0 Å². The summed E-state index contributed by atoms with van der Waals surface area (Å²) in [5.74, 6) is -1.14. The van der Waals surface area contributed by atoms with Crippen molar-refractivity contribution in [3.63, 3.8) is 0 Å². The van der Waals surface area contributed by atoms with Gasteiger partial charge in [0.25, 0.3) is 6.10 Å². The fourth-order valence-electron chi connectivity index (χ4n) is 2.77. The number of fused-ring (bicyclic) bond motifs is 1. The Morgan fingerprint density at radius 2 is 1.83 bits per heavy atom. The monoisotopic (exact) mass is 448 g/mol. The molecule has 1 aliphatic rings. The van der Waals surface area contributed by atoms with Crippen LogP contribution in [0.4, 0.5) is 18.0 Å². The molecule has 2 aromatic rings. The molecule has 1 N–H and O–H groups in total. The van der Waals surface area contributed by atoms with Gasteiger partial charge in [0.05, 0.1) is 4.90 Å². The van der Waals surface area contributed by atoms with E-state index in [4.69, 9.17) is 21.4 Å². The van der Waals surface area contributed by atoms with Crippen LogP contribution in [0.15, 0.2) is 47.1 Å². The predicted octanol–water partition coefficient (Wildman–Crippen LogP) is 4.77. The molecule has 11 heteroatoms. The van der Waals surface area contributed by atoms with Crippen LogP contribution in [0.25, 0.3) is 17.2 Å². The summed E-state index contributed by atoms with van der Waals surface area (Å²) in [5.41, 5.74) is 0.608.